The van der Waals surface area contributed by atoms with Gasteiger partial charge in [-0.05, 0) is 19.3 Å². The first-order valence-corrected chi connectivity index (χ1v) is 15.8. The molecule has 2 heteroatoms. The molecular weight excluding hydrogens is 416 g/mol. The van der Waals surface area contributed by atoms with E-state index in [0.29, 0.717) is 5.78 Å². The zero-order chi connectivity index (χ0) is 24.8. The third-order valence-electron chi connectivity index (χ3n) is 7.34. The van der Waals surface area contributed by atoms with E-state index < -0.39 is 0 Å². The topological polar surface area (TPSA) is 34.1 Å². The standard InChI is InChI=1S/C32H62O2/c1-2-3-4-5-6-7-8-9-10-11-12-13-14-17-20-23-26-29-32(34)30-27-24-21-18-15-16-19-22-25-28-31-33/h31H,2-30H2,1H3. The van der Waals surface area contributed by atoms with Gasteiger partial charge in [-0.1, -0.05) is 155 Å². The summed E-state index contributed by atoms with van der Waals surface area (Å²) in [4.78, 5) is 22.3. The average Bonchev–Trinajstić information content (AvgIpc) is 2.84. The molecule has 0 heterocycles. The van der Waals surface area contributed by atoms with E-state index in [1.807, 2.05) is 0 Å². The van der Waals surface area contributed by atoms with Crippen LogP contribution >= 0.6 is 0 Å². The van der Waals surface area contributed by atoms with Gasteiger partial charge < -0.3 is 4.79 Å². The van der Waals surface area contributed by atoms with Gasteiger partial charge >= 0.3 is 0 Å². The molecule has 34 heavy (non-hydrogen) atoms. The highest BCUT2D eigenvalue weighted by molar-refractivity contribution is 5.78. The Labute approximate surface area is 214 Å². The number of carbonyl (C=O) groups excluding carboxylic acids is 2. The van der Waals surface area contributed by atoms with Crippen LogP contribution in [0.3, 0.4) is 0 Å². The van der Waals surface area contributed by atoms with E-state index in [1.165, 1.54) is 148 Å². The summed E-state index contributed by atoms with van der Waals surface area (Å²) in [5, 5.41) is 0. The molecular formula is C32H62O2. The van der Waals surface area contributed by atoms with Crippen LogP contribution in [0.5, 0.6) is 0 Å². The number of hydrogen-bond donors (Lipinski definition) is 0. The molecule has 0 aromatic rings. The van der Waals surface area contributed by atoms with E-state index >= 15 is 0 Å². The van der Waals surface area contributed by atoms with Crippen LogP contribution in [0.15, 0.2) is 0 Å². The summed E-state index contributed by atoms with van der Waals surface area (Å²) in [6.07, 6.45) is 38.1. The third kappa shape index (κ3) is 29.4. The van der Waals surface area contributed by atoms with Crippen molar-refractivity contribution in [2.75, 3.05) is 0 Å². The molecule has 202 valence electrons. The van der Waals surface area contributed by atoms with Crippen LogP contribution in [0, 0.1) is 0 Å². The first-order valence-electron chi connectivity index (χ1n) is 15.8. The third-order valence-corrected chi connectivity index (χ3v) is 7.34. The summed E-state index contributed by atoms with van der Waals surface area (Å²) >= 11 is 0. The fourth-order valence-electron chi connectivity index (χ4n) is 4.96. The van der Waals surface area contributed by atoms with Gasteiger partial charge in [0, 0.05) is 19.3 Å². The van der Waals surface area contributed by atoms with Gasteiger partial charge in [0.2, 0.25) is 0 Å². The van der Waals surface area contributed by atoms with Crippen molar-refractivity contribution >= 4 is 12.1 Å². The van der Waals surface area contributed by atoms with Crippen LogP contribution < -0.4 is 0 Å². The maximum Gasteiger partial charge on any atom is 0.132 e. The van der Waals surface area contributed by atoms with Gasteiger partial charge in [-0.25, -0.2) is 0 Å². The van der Waals surface area contributed by atoms with Gasteiger partial charge in [-0.15, -0.1) is 0 Å². The molecule has 0 saturated carbocycles. The molecule has 0 atom stereocenters. The largest absolute Gasteiger partial charge is 0.303 e. The van der Waals surface area contributed by atoms with Crippen LogP contribution in [0.1, 0.15) is 193 Å². The number of carbonyl (C=O) groups is 2. The second-order valence-electron chi connectivity index (χ2n) is 10.8. The normalized spacial score (nSPS) is 11.2. The first kappa shape index (κ1) is 33.3. The van der Waals surface area contributed by atoms with Crippen molar-refractivity contribution in [3.63, 3.8) is 0 Å². The first-order chi connectivity index (χ1) is 16.8. The molecule has 0 amide bonds. The molecule has 0 aromatic heterocycles. The van der Waals surface area contributed by atoms with Gasteiger partial charge in [-0.3, -0.25) is 4.79 Å². The van der Waals surface area contributed by atoms with Crippen molar-refractivity contribution in [2.45, 2.75) is 193 Å². The fourth-order valence-corrected chi connectivity index (χ4v) is 4.96. The molecule has 0 aliphatic heterocycles. The molecule has 0 N–H and O–H groups in total. The van der Waals surface area contributed by atoms with E-state index in [9.17, 15) is 9.59 Å². The molecule has 0 fully saturated rings. The monoisotopic (exact) mass is 478 g/mol. The number of aldehydes is 1. The number of ketones is 1. The van der Waals surface area contributed by atoms with Crippen LogP contribution in [0.25, 0.3) is 0 Å². The molecule has 0 radical (unpaired) electrons. The molecule has 0 saturated heterocycles. The van der Waals surface area contributed by atoms with Crippen molar-refractivity contribution in [1.82, 2.24) is 0 Å². The summed E-state index contributed by atoms with van der Waals surface area (Å²) in [6, 6.07) is 0. The number of unbranched alkanes of at least 4 members (excludes halogenated alkanes) is 25. The van der Waals surface area contributed by atoms with E-state index in [4.69, 9.17) is 0 Å². The van der Waals surface area contributed by atoms with Crippen molar-refractivity contribution < 1.29 is 9.59 Å². The van der Waals surface area contributed by atoms with E-state index in [1.54, 1.807) is 0 Å². The lowest BCUT2D eigenvalue weighted by Crippen LogP contribution is -1.97. The van der Waals surface area contributed by atoms with E-state index in [2.05, 4.69) is 6.92 Å². The molecule has 0 bridgehead atoms. The Kier molecular flexibility index (Phi) is 29.8. The van der Waals surface area contributed by atoms with Gasteiger partial charge in [0.25, 0.3) is 0 Å². The Morgan fingerprint density at radius 2 is 0.676 bits per heavy atom. The minimum Gasteiger partial charge on any atom is -0.303 e. The molecule has 0 rings (SSSR count). The summed E-state index contributed by atoms with van der Waals surface area (Å²) in [5.74, 6) is 0.496. The summed E-state index contributed by atoms with van der Waals surface area (Å²) in [6.45, 7) is 2.29. The molecule has 0 aliphatic carbocycles. The SMILES string of the molecule is CCCCCCCCCCCCCCCCCCCC(=O)CCCCCCCCCCCC=O. The fraction of sp³-hybridized carbons (Fsp3) is 0.938. The second kappa shape index (κ2) is 30.4. The van der Waals surface area contributed by atoms with Crippen LogP contribution in [0.4, 0.5) is 0 Å². The van der Waals surface area contributed by atoms with Gasteiger partial charge in [-0.2, -0.15) is 0 Å². The van der Waals surface area contributed by atoms with Crippen molar-refractivity contribution in [2.24, 2.45) is 0 Å². The van der Waals surface area contributed by atoms with Gasteiger partial charge in [0.05, 0.1) is 0 Å². The Morgan fingerprint density at radius 3 is 0.971 bits per heavy atom. The number of Topliss-reactive ketones (excluding diaryl/α,β-unsaturated/α-hetero) is 1. The Morgan fingerprint density at radius 1 is 0.412 bits per heavy atom. The zero-order valence-corrected chi connectivity index (χ0v) is 23.4. The molecule has 0 aliphatic rings. The number of hydrogen-bond acceptors (Lipinski definition) is 2. The predicted molar refractivity (Wildman–Crippen MR) is 151 cm³/mol. The van der Waals surface area contributed by atoms with Crippen molar-refractivity contribution in [1.29, 1.82) is 0 Å². The second-order valence-corrected chi connectivity index (χ2v) is 10.8. The maximum absolute atomic E-state index is 12.0. The smallest absolute Gasteiger partial charge is 0.132 e. The Hall–Kier alpha value is -0.660. The molecule has 2 nitrogen and oxygen atoms in total. The number of rotatable bonds is 30. The summed E-state index contributed by atoms with van der Waals surface area (Å²) in [5.41, 5.74) is 0. The van der Waals surface area contributed by atoms with Gasteiger partial charge in [0.1, 0.15) is 12.1 Å². The Bertz CT molecular complexity index is 404. The van der Waals surface area contributed by atoms with E-state index in [-0.39, 0.29) is 0 Å². The van der Waals surface area contributed by atoms with Gasteiger partial charge in [0.15, 0.2) is 0 Å². The van der Waals surface area contributed by atoms with Crippen LogP contribution in [-0.2, 0) is 9.59 Å². The quantitative estimate of drug-likeness (QED) is 0.0759. The molecule has 0 unspecified atom stereocenters. The highest BCUT2D eigenvalue weighted by Gasteiger charge is 2.02. The highest BCUT2D eigenvalue weighted by Crippen LogP contribution is 2.15. The minimum atomic E-state index is 0.496. The van der Waals surface area contributed by atoms with Crippen LogP contribution in [0.2, 0.25) is 0 Å². The zero-order valence-electron chi connectivity index (χ0n) is 23.4. The minimum absolute atomic E-state index is 0.496. The van der Waals surface area contributed by atoms with Crippen LogP contribution in [-0.4, -0.2) is 12.1 Å². The van der Waals surface area contributed by atoms with E-state index in [0.717, 1.165) is 44.8 Å². The lowest BCUT2D eigenvalue weighted by atomic mass is 10.0. The average molecular weight is 479 g/mol. The summed E-state index contributed by atoms with van der Waals surface area (Å²) < 4.78 is 0. The van der Waals surface area contributed by atoms with Crippen molar-refractivity contribution in [3.8, 4) is 0 Å². The molecule has 0 aromatic carbocycles. The summed E-state index contributed by atoms with van der Waals surface area (Å²) in [7, 11) is 0. The highest BCUT2D eigenvalue weighted by atomic mass is 16.1. The molecule has 0 spiro atoms. The van der Waals surface area contributed by atoms with Crippen molar-refractivity contribution in [3.05, 3.63) is 0 Å². The Balaban J connectivity index is 3.14. The predicted octanol–water partition coefficient (Wildman–Crippen LogP) is 11.1. The maximum atomic E-state index is 12.0. The lowest BCUT2D eigenvalue weighted by molar-refractivity contribution is -0.119. The lowest BCUT2D eigenvalue weighted by Gasteiger charge is -2.04.